The highest BCUT2D eigenvalue weighted by molar-refractivity contribution is 5.99. The number of Topliss-reactive ketones (excluding diaryl/α,β-unsaturated/α-hetero) is 7. The minimum Gasteiger partial charge on any atom is -0.508 e. The number of amides is 1. The maximum Gasteiger partial charge on any atom is 0.248 e. The van der Waals surface area contributed by atoms with Gasteiger partial charge in [0.1, 0.15) is 53.1 Å². The first-order chi connectivity index (χ1) is 53.0. The lowest BCUT2D eigenvalue weighted by Crippen LogP contribution is -2.35. The molecule has 586 valence electrons. The van der Waals surface area contributed by atoms with Gasteiger partial charge in [0.15, 0.2) is 40.5 Å². The topological polar surface area (TPSA) is 315 Å². The molecule has 10 rings (SSSR count). The lowest BCUT2D eigenvalue weighted by Gasteiger charge is -2.33. The number of allylic oxidation sites excluding steroid dienone is 2. The molecule has 8 aromatic carbocycles. The van der Waals surface area contributed by atoms with Crippen molar-refractivity contribution in [1.29, 1.82) is 0 Å². The minimum absolute atomic E-state index is 0.00492. The molecule has 111 heavy (non-hydrogen) atoms. The van der Waals surface area contributed by atoms with Gasteiger partial charge >= 0.3 is 0 Å². The maximum atomic E-state index is 11.7. The van der Waals surface area contributed by atoms with Gasteiger partial charge in [-0.15, -0.1) is 13.2 Å². The third kappa shape index (κ3) is 30.1. The van der Waals surface area contributed by atoms with Gasteiger partial charge in [0.25, 0.3) is 0 Å². The number of carbonyl (C=O) groups excluding carboxylic acids is 9. The number of methoxy groups -OCH3 is 4. The number of ether oxygens (including phenoxy) is 5. The quantitative estimate of drug-likeness (QED) is 0.0173. The molecule has 0 spiro atoms. The van der Waals surface area contributed by atoms with E-state index in [1.165, 1.54) is 60.1 Å². The second-order valence-electron chi connectivity index (χ2n) is 25.6. The average Bonchev–Trinajstić information content (AvgIpc) is 1.67. The number of ketones is 7. The molecule has 1 atom stereocenters. The molecule has 21 nitrogen and oxygen atoms in total. The van der Waals surface area contributed by atoms with Crippen LogP contribution in [0.5, 0.6) is 40.2 Å². The number of rotatable bonds is 28. The Morgan fingerprint density at radius 1 is 0.477 bits per heavy atom. The predicted octanol–water partition coefficient (Wildman–Crippen LogP) is 15.3. The number of nitrogens with two attached hydrogens (primary N) is 1. The maximum absolute atomic E-state index is 11.7. The molecule has 1 aliphatic heterocycles. The molecule has 0 radical (unpaired) electrons. The molecule has 1 saturated heterocycles. The molecule has 1 fully saturated rings. The Morgan fingerprint density at radius 2 is 0.865 bits per heavy atom. The number of phenolic OH excluding ortho intramolecular Hbond substituents is 2. The van der Waals surface area contributed by atoms with E-state index in [0.717, 1.165) is 107 Å². The normalized spacial score (nSPS) is 11.5. The third-order valence-electron chi connectivity index (χ3n) is 17.5. The lowest BCUT2D eigenvalue weighted by atomic mass is 10.0. The number of primary amides is 1. The highest BCUT2D eigenvalue weighted by atomic mass is 16.5. The molecule has 0 saturated carbocycles. The number of likely N-dealkylation sites (tertiary alicyclic amines) is 1. The third-order valence-corrected chi connectivity index (χ3v) is 17.5. The first-order valence-corrected chi connectivity index (χ1v) is 35.8. The molecule has 21 heteroatoms. The van der Waals surface area contributed by atoms with Crippen molar-refractivity contribution in [3.05, 3.63) is 280 Å². The number of piperidine rings is 1. The van der Waals surface area contributed by atoms with E-state index < -0.39 is 12.0 Å². The number of aromatic hydroxyl groups is 2. The van der Waals surface area contributed by atoms with Crippen LogP contribution < -0.4 is 29.4 Å². The lowest BCUT2D eigenvalue weighted by molar-refractivity contribution is -0.107. The molecular weight excluding hydrogens is 1410 g/mol. The van der Waals surface area contributed by atoms with E-state index in [1.807, 2.05) is 42.5 Å². The monoisotopic (exact) mass is 1510 g/mol. The SMILES string of the molecule is C=CCOc1ccc(C(C)=O)cc1.C=CCc1cc(C(C)=O)ccc1O.C=CCc1cc(C(C)=O)ccc1OC.CC(=O)c1ccc(O)cc1.COc1ccc(C(C)=O)cc1CC(O)CO.COc1ccc(C(C)=O)cc1CC=O.COc1ccc(C(C)=O)cc1CCN1CCC(n2ccc3ccc(C(N)=O)cc32)CC1. The minimum atomic E-state index is -0.837. The van der Waals surface area contributed by atoms with E-state index in [1.54, 1.807) is 150 Å². The van der Waals surface area contributed by atoms with E-state index in [2.05, 4.69) is 41.5 Å². The molecule has 1 amide bonds. The number of phenols is 2. The number of aliphatic hydroxyl groups excluding tert-OH is 2. The molecule has 9 aromatic rings. The first kappa shape index (κ1) is 91.2. The number of hydrogen-bond donors (Lipinski definition) is 5. The van der Waals surface area contributed by atoms with Crippen molar-refractivity contribution in [2.24, 2.45) is 5.73 Å². The fourth-order valence-electron chi connectivity index (χ4n) is 11.3. The number of aldehydes is 1. The number of aliphatic hydroxyl groups is 2. The fraction of sp³-hybridized carbons (Fsp3) is 0.278. The van der Waals surface area contributed by atoms with Crippen LogP contribution in [0.15, 0.2) is 208 Å². The van der Waals surface area contributed by atoms with E-state index in [9.17, 15) is 53.4 Å². The van der Waals surface area contributed by atoms with Crippen molar-refractivity contribution in [2.75, 3.05) is 61.3 Å². The Balaban J connectivity index is 0.000000284. The Bertz CT molecular complexity index is 4570. The van der Waals surface area contributed by atoms with Crippen molar-refractivity contribution in [3.8, 4) is 40.2 Å². The van der Waals surface area contributed by atoms with Gasteiger partial charge in [0, 0.05) is 100 Å². The van der Waals surface area contributed by atoms with Gasteiger partial charge in [-0.3, -0.25) is 38.4 Å². The summed E-state index contributed by atoms with van der Waals surface area (Å²) < 4.78 is 28.4. The van der Waals surface area contributed by atoms with Crippen LogP contribution in [0.4, 0.5) is 0 Å². The second-order valence-corrected chi connectivity index (χ2v) is 25.6. The summed E-state index contributed by atoms with van der Waals surface area (Å²) in [5.74, 6) is 3.82. The zero-order chi connectivity index (χ0) is 82.3. The van der Waals surface area contributed by atoms with Crippen molar-refractivity contribution < 1.29 is 87.3 Å². The number of fused-ring (bicyclic) bond motifs is 1. The summed E-state index contributed by atoms with van der Waals surface area (Å²) in [7, 11) is 6.35. The van der Waals surface area contributed by atoms with Crippen LogP contribution in [0.25, 0.3) is 10.9 Å². The second kappa shape index (κ2) is 47.6. The van der Waals surface area contributed by atoms with Crippen molar-refractivity contribution in [2.45, 2.75) is 106 Å². The van der Waals surface area contributed by atoms with Gasteiger partial charge in [0.2, 0.25) is 5.91 Å². The van der Waals surface area contributed by atoms with Crippen LogP contribution in [-0.4, -0.2) is 150 Å². The van der Waals surface area contributed by atoms with Crippen molar-refractivity contribution in [1.82, 2.24) is 9.47 Å². The molecular formula is C90H103N3O18. The molecule has 0 bridgehead atoms. The Morgan fingerprint density at radius 3 is 1.29 bits per heavy atom. The van der Waals surface area contributed by atoms with Crippen LogP contribution >= 0.6 is 0 Å². The Kier molecular flexibility index (Phi) is 39.1. The van der Waals surface area contributed by atoms with Gasteiger partial charge in [-0.1, -0.05) is 30.9 Å². The number of benzene rings is 8. The largest absolute Gasteiger partial charge is 0.508 e. The van der Waals surface area contributed by atoms with Crippen LogP contribution in [0.2, 0.25) is 0 Å². The van der Waals surface area contributed by atoms with Crippen molar-refractivity contribution >= 4 is 63.6 Å². The standard InChI is InChI=1S/C25H29N3O3.C12H16O4.C12H14O2.C11H12O3.2C11H12O2.C8H8O2/c1-17(29)19-5-6-24(31-2)20(15-19)7-11-27-12-9-22(10-13-27)28-14-8-18-3-4-21(25(26)30)16-23(18)28;1-8(14)9-3-4-12(16-2)10(5-9)6-11(15)7-13;1-4-5-11-8-10(9(2)13)6-7-12(11)14-3;1-8(13)9-3-4-11(14-2)10(7-9)5-6-12;1-3-8-13-11-6-4-10(5-7-11)9(2)12;1-3-4-10-7-9(8(2)12)5-6-11(10)13;1-6(9)7-2-4-8(10)5-3-7/h3-6,8,14-16,22H,7,9-13H2,1-2H3,(H2,26,30);3-5,11,13,15H,6-7H2,1-2H3;4,6-8H,1,5H2,2-3H3;3-4,6-7H,5H2,1-2H3;3-7H,1,8H2,2H3;3,5-7,13H,1,4H2,2H3;2-5,10H,1H3. The smallest absolute Gasteiger partial charge is 0.248 e. The van der Waals surface area contributed by atoms with Gasteiger partial charge in [-0.25, -0.2) is 0 Å². The summed E-state index contributed by atoms with van der Waals surface area (Å²) in [6, 6.07) is 47.5. The highest BCUT2D eigenvalue weighted by Crippen LogP contribution is 2.31. The number of carbonyl (C=O) groups is 9. The summed E-state index contributed by atoms with van der Waals surface area (Å²) in [6.45, 7) is 24.6. The predicted molar refractivity (Wildman–Crippen MR) is 434 cm³/mol. The zero-order valence-corrected chi connectivity index (χ0v) is 65.2. The van der Waals surface area contributed by atoms with E-state index in [4.69, 9.17) is 39.6 Å². The van der Waals surface area contributed by atoms with Crippen LogP contribution in [-0.2, 0) is 36.9 Å². The summed E-state index contributed by atoms with van der Waals surface area (Å²) in [6.07, 6.45) is 12.0. The molecule has 1 unspecified atom stereocenters. The Labute approximate surface area is 650 Å². The van der Waals surface area contributed by atoms with Gasteiger partial charge in [-0.05, 0) is 266 Å². The summed E-state index contributed by atoms with van der Waals surface area (Å²) in [4.78, 5) is 102. The van der Waals surface area contributed by atoms with Crippen molar-refractivity contribution in [3.63, 3.8) is 0 Å². The van der Waals surface area contributed by atoms with E-state index >= 15 is 0 Å². The molecule has 1 aromatic heterocycles. The Hall–Kier alpha value is -12.2. The number of aromatic nitrogens is 1. The summed E-state index contributed by atoms with van der Waals surface area (Å²) in [5, 5.41) is 37.5. The number of hydrogen-bond acceptors (Lipinski definition) is 19. The average molecular weight is 1510 g/mol. The van der Waals surface area contributed by atoms with Gasteiger partial charge in [-0.2, -0.15) is 0 Å². The molecule has 2 heterocycles. The van der Waals surface area contributed by atoms with Crippen LogP contribution in [0, 0.1) is 0 Å². The zero-order valence-electron chi connectivity index (χ0n) is 65.2. The molecule has 0 aliphatic carbocycles. The summed E-state index contributed by atoms with van der Waals surface area (Å²) in [5.41, 5.74) is 15.9. The highest BCUT2D eigenvalue weighted by Gasteiger charge is 2.23. The molecule has 1 aliphatic rings. The first-order valence-electron chi connectivity index (χ1n) is 35.8. The van der Waals surface area contributed by atoms with Gasteiger partial charge in [0.05, 0.1) is 41.2 Å². The van der Waals surface area contributed by atoms with Crippen LogP contribution in [0.3, 0.4) is 0 Å². The number of nitrogens with zero attached hydrogens (tertiary/aromatic N) is 2. The van der Waals surface area contributed by atoms with Crippen LogP contribution in [0.1, 0.15) is 178 Å². The summed E-state index contributed by atoms with van der Waals surface area (Å²) >= 11 is 0. The van der Waals surface area contributed by atoms with E-state index in [0.29, 0.717) is 75.9 Å². The fourth-order valence-corrected chi connectivity index (χ4v) is 11.3. The van der Waals surface area contributed by atoms with Gasteiger partial charge < -0.3 is 64.1 Å². The molecule has 6 N–H and O–H groups in total. The van der Waals surface area contributed by atoms with E-state index in [-0.39, 0.29) is 71.4 Å².